The Morgan fingerprint density at radius 3 is 2.78 bits per heavy atom. The van der Waals surface area contributed by atoms with E-state index in [9.17, 15) is 4.79 Å². The van der Waals surface area contributed by atoms with Gasteiger partial charge in [0.15, 0.2) is 0 Å². The summed E-state index contributed by atoms with van der Waals surface area (Å²) in [6.45, 7) is 6.93. The first kappa shape index (κ1) is 17.4. The van der Waals surface area contributed by atoms with Gasteiger partial charge in [-0.15, -0.1) is 0 Å². The van der Waals surface area contributed by atoms with Gasteiger partial charge in [-0.25, -0.2) is 4.79 Å². The molecule has 1 amide bonds. The van der Waals surface area contributed by atoms with E-state index in [0.29, 0.717) is 19.7 Å². The molecule has 1 aromatic rings. The number of hydrogen-bond acceptors (Lipinski definition) is 5. The van der Waals surface area contributed by atoms with Crippen molar-refractivity contribution in [1.29, 1.82) is 0 Å². The quantitative estimate of drug-likeness (QED) is 0.853. The largest absolute Gasteiger partial charge is 0.497 e. The van der Waals surface area contributed by atoms with Crippen LogP contribution in [0.3, 0.4) is 0 Å². The lowest BCUT2D eigenvalue weighted by Gasteiger charge is -2.29. The van der Waals surface area contributed by atoms with Crippen LogP contribution >= 0.6 is 0 Å². The van der Waals surface area contributed by atoms with E-state index in [1.807, 2.05) is 32.0 Å². The van der Waals surface area contributed by atoms with Crippen LogP contribution in [0.25, 0.3) is 0 Å². The monoisotopic (exact) mass is 323 g/mol. The molecule has 1 aromatic carbocycles. The number of hydrogen-bond donors (Lipinski definition) is 0. The minimum atomic E-state index is -0.527. The van der Waals surface area contributed by atoms with Crippen molar-refractivity contribution in [2.45, 2.75) is 39.0 Å². The molecule has 128 valence electrons. The lowest BCUT2D eigenvalue weighted by Crippen LogP contribution is -2.44. The van der Waals surface area contributed by atoms with Crippen LogP contribution in [0.15, 0.2) is 18.2 Å². The van der Waals surface area contributed by atoms with E-state index in [1.165, 1.54) is 0 Å². The van der Waals surface area contributed by atoms with Gasteiger partial charge in [0.2, 0.25) is 0 Å². The molecule has 0 spiro atoms. The number of carbonyl (C=O) groups excluding carboxylic acids is 1. The zero-order valence-electron chi connectivity index (χ0n) is 14.4. The maximum atomic E-state index is 12.4. The third kappa shape index (κ3) is 4.51. The van der Waals surface area contributed by atoms with Gasteiger partial charge in [-0.05, 0) is 32.9 Å². The van der Waals surface area contributed by atoms with E-state index in [2.05, 4.69) is 0 Å². The molecule has 6 nitrogen and oxygen atoms in total. The molecule has 1 heterocycles. The summed E-state index contributed by atoms with van der Waals surface area (Å²) in [5.41, 5.74) is 0.397. The summed E-state index contributed by atoms with van der Waals surface area (Å²) in [6.07, 6.45) is -0.662. The standard InChI is InChI=1S/C17H25NO5/c1-12(10-20-4)22-16(19)18-9-13-6-7-14(21-5)8-15(13)23-17(2,3)11-18/h6-8,12H,9-11H2,1-5H3. The molecule has 1 aliphatic heterocycles. The summed E-state index contributed by atoms with van der Waals surface area (Å²) in [4.78, 5) is 14.1. The van der Waals surface area contributed by atoms with Crippen molar-refractivity contribution >= 4 is 6.09 Å². The van der Waals surface area contributed by atoms with Crippen LogP contribution < -0.4 is 9.47 Å². The van der Waals surface area contributed by atoms with Crippen LogP contribution in [0.5, 0.6) is 11.5 Å². The van der Waals surface area contributed by atoms with E-state index in [-0.39, 0.29) is 12.2 Å². The number of amides is 1. The Labute approximate surface area is 137 Å². The molecule has 6 heteroatoms. The Balaban J connectivity index is 2.20. The number of nitrogens with zero attached hydrogens (tertiary/aromatic N) is 1. The van der Waals surface area contributed by atoms with Crippen LogP contribution in [0.2, 0.25) is 0 Å². The number of fused-ring (bicyclic) bond motifs is 1. The second-order valence-electron chi connectivity index (χ2n) is 6.34. The number of rotatable bonds is 4. The predicted octanol–water partition coefficient (Wildman–Crippen LogP) is 2.84. The summed E-state index contributed by atoms with van der Waals surface area (Å²) < 4.78 is 21.7. The van der Waals surface area contributed by atoms with E-state index in [0.717, 1.165) is 17.1 Å². The van der Waals surface area contributed by atoms with Gasteiger partial charge < -0.3 is 18.9 Å². The molecule has 0 aromatic heterocycles. The average Bonchev–Trinajstić information content (AvgIpc) is 2.61. The minimum absolute atomic E-state index is 0.296. The Kier molecular flexibility index (Phi) is 5.36. The van der Waals surface area contributed by atoms with Gasteiger partial charge in [-0.3, -0.25) is 4.90 Å². The van der Waals surface area contributed by atoms with Crippen LogP contribution in [0.4, 0.5) is 4.79 Å². The number of carbonyl (C=O) groups is 1. The highest BCUT2D eigenvalue weighted by atomic mass is 16.6. The Bertz CT molecular complexity index is 558. The SMILES string of the molecule is COCC(C)OC(=O)N1Cc2ccc(OC)cc2OC(C)(C)C1. The van der Waals surface area contributed by atoms with Crippen molar-refractivity contribution in [1.82, 2.24) is 4.90 Å². The maximum absolute atomic E-state index is 12.4. The molecule has 1 aliphatic rings. The smallest absolute Gasteiger partial charge is 0.410 e. The molecule has 0 saturated carbocycles. The van der Waals surface area contributed by atoms with Gasteiger partial charge in [-0.1, -0.05) is 0 Å². The van der Waals surface area contributed by atoms with Gasteiger partial charge in [0, 0.05) is 18.7 Å². The second kappa shape index (κ2) is 7.08. The molecular formula is C17H25NO5. The molecular weight excluding hydrogens is 298 g/mol. The lowest BCUT2D eigenvalue weighted by atomic mass is 10.1. The minimum Gasteiger partial charge on any atom is -0.497 e. The van der Waals surface area contributed by atoms with Gasteiger partial charge in [0.05, 0.1) is 26.8 Å². The van der Waals surface area contributed by atoms with Gasteiger partial charge in [0.1, 0.15) is 23.2 Å². The van der Waals surface area contributed by atoms with Crippen molar-refractivity contribution in [3.8, 4) is 11.5 Å². The summed E-state index contributed by atoms with van der Waals surface area (Å²) in [5.74, 6) is 1.46. The highest BCUT2D eigenvalue weighted by Crippen LogP contribution is 2.32. The highest BCUT2D eigenvalue weighted by molar-refractivity contribution is 5.68. The normalized spacial score (nSPS) is 17.5. The molecule has 0 radical (unpaired) electrons. The Hall–Kier alpha value is -1.95. The summed E-state index contributed by atoms with van der Waals surface area (Å²) in [5, 5.41) is 0. The third-order valence-corrected chi connectivity index (χ3v) is 3.55. The fraction of sp³-hybridized carbons (Fsp3) is 0.588. The molecule has 0 saturated heterocycles. The summed E-state index contributed by atoms with van der Waals surface area (Å²) >= 11 is 0. The van der Waals surface area contributed by atoms with Crippen LogP contribution in [-0.2, 0) is 16.0 Å². The molecule has 2 rings (SSSR count). The van der Waals surface area contributed by atoms with E-state index >= 15 is 0 Å². The number of methoxy groups -OCH3 is 2. The van der Waals surface area contributed by atoms with Crippen molar-refractivity contribution in [2.24, 2.45) is 0 Å². The fourth-order valence-electron chi connectivity index (χ4n) is 2.58. The lowest BCUT2D eigenvalue weighted by molar-refractivity contribution is 0.0132. The van der Waals surface area contributed by atoms with Crippen molar-refractivity contribution in [3.05, 3.63) is 23.8 Å². The maximum Gasteiger partial charge on any atom is 0.410 e. The van der Waals surface area contributed by atoms with E-state index in [4.69, 9.17) is 18.9 Å². The third-order valence-electron chi connectivity index (χ3n) is 3.55. The first-order chi connectivity index (χ1) is 10.8. The Morgan fingerprint density at radius 1 is 1.39 bits per heavy atom. The first-order valence-electron chi connectivity index (χ1n) is 7.65. The van der Waals surface area contributed by atoms with Crippen LogP contribution in [0, 0.1) is 0 Å². The molecule has 0 aliphatic carbocycles. The summed E-state index contributed by atoms with van der Waals surface area (Å²) in [6, 6.07) is 5.62. The molecule has 0 fully saturated rings. The van der Waals surface area contributed by atoms with Gasteiger partial charge >= 0.3 is 6.09 Å². The molecule has 1 unspecified atom stereocenters. The van der Waals surface area contributed by atoms with Crippen molar-refractivity contribution in [2.75, 3.05) is 27.4 Å². The molecule has 0 N–H and O–H groups in total. The number of benzene rings is 1. The molecule has 1 atom stereocenters. The van der Waals surface area contributed by atoms with Gasteiger partial charge in [0.25, 0.3) is 0 Å². The van der Waals surface area contributed by atoms with E-state index in [1.54, 1.807) is 26.0 Å². The topological polar surface area (TPSA) is 57.2 Å². The van der Waals surface area contributed by atoms with E-state index < -0.39 is 5.60 Å². The average molecular weight is 323 g/mol. The zero-order chi connectivity index (χ0) is 17.0. The highest BCUT2D eigenvalue weighted by Gasteiger charge is 2.33. The van der Waals surface area contributed by atoms with Crippen LogP contribution in [-0.4, -0.2) is 50.1 Å². The fourth-order valence-corrected chi connectivity index (χ4v) is 2.58. The zero-order valence-corrected chi connectivity index (χ0v) is 14.4. The predicted molar refractivity (Wildman–Crippen MR) is 85.9 cm³/mol. The Morgan fingerprint density at radius 2 is 2.13 bits per heavy atom. The number of ether oxygens (including phenoxy) is 4. The summed E-state index contributed by atoms with van der Waals surface area (Å²) in [7, 11) is 3.20. The van der Waals surface area contributed by atoms with Crippen molar-refractivity contribution in [3.63, 3.8) is 0 Å². The first-order valence-corrected chi connectivity index (χ1v) is 7.65. The van der Waals surface area contributed by atoms with Crippen molar-refractivity contribution < 1.29 is 23.7 Å². The molecule has 0 bridgehead atoms. The molecule has 23 heavy (non-hydrogen) atoms. The van der Waals surface area contributed by atoms with Gasteiger partial charge in [-0.2, -0.15) is 0 Å². The second-order valence-corrected chi connectivity index (χ2v) is 6.34. The van der Waals surface area contributed by atoms with Crippen LogP contribution in [0.1, 0.15) is 26.3 Å².